The summed E-state index contributed by atoms with van der Waals surface area (Å²) in [7, 11) is 5.41. The molecule has 0 radical (unpaired) electrons. The predicted molar refractivity (Wildman–Crippen MR) is 231 cm³/mol. The van der Waals surface area contributed by atoms with Gasteiger partial charge in [0.15, 0.2) is 6.10 Å². The first-order chi connectivity index (χ1) is 27.1. The monoisotopic (exact) mass is 792 g/mol. The average molecular weight is 792 g/mol. The molecule has 0 rings (SSSR count). The Hall–Kier alpha value is -2.19. The Kier molecular flexibility index (Phi) is 38.1. The maximum absolute atomic E-state index is 12.7. The van der Waals surface area contributed by atoms with Crippen molar-refractivity contribution in [2.45, 2.75) is 225 Å². The number of carboxylic acid groups (broad SMARTS) is 1. The van der Waals surface area contributed by atoms with Crippen LogP contribution in [0.15, 0.2) is 24.3 Å². The molecule has 0 aromatic heterocycles. The zero-order valence-electron chi connectivity index (χ0n) is 37.3. The molecule has 328 valence electrons. The maximum Gasteiger partial charge on any atom is 0.306 e. The number of hydrogen-bond donors (Lipinski definition) is 0. The molecule has 0 amide bonds. The van der Waals surface area contributed by atoms with Crippen LogP contribution in [-0.4, -0.2) is 75.5 Å². The number of carbonyl (C=O) groups is 3. The Bertz CT molecular complexity index is 973. The van der Waals surface area contributed by atoms with Gasteiger partial charge in [-0.3, -0.25) is 9.59 Å². The highest BCUT2D eigenvalue weighted by atomic mass is 16.6. The van der Waals surface area contributed by atoms with Gasteiger partial charge < -0.3 is 28.6 Å². The lowest BCUT2D eigenvalue weighted by molar-refractivity contribution is -0.889. The molecule has 0 saturated carbocycles. The molecule has 8 nitrogen and oxygen atoms in total. The topological polar surface area (TPSA) is 102 Å². The van der Waals surface area contributed by atoms with Crippen molar-refractivity contribution in [2.24, 2.45) is 0 Å². The second kappa shape index (κ2) is 39.6. The van der Waals surface area contributed by atoms with Gasteiger partial charge in [-0.25, -0.2) is 0 Å². The van der Waals surface area contributed by atoms with Crippen LogP contribution in [0.25, 0.3) is 0 Å². The Labute approximate surface area is 345 Å². The number of esters is 2. The SMILES string of the molecule is CCCCCCCCC/C=C/C=C/CCCCCC(=O)OCC(COCCC(C(=O)[O-])[N+](C)(C)C)OC(=O)CCCCCCCCCCCCCCCCCC. The summed E-state index contributed by atoms with van der Waals surface area (Å²) in [5.74, 6) is -1.76. The standard InChI is InChI=1S/C48H89NO7/c1-6-8-10-12-14-16-18-20-22-24-26-28-30-32-34-36-38-46(50)55-43-44(42-54-41-40-45(48(52)53)49(3,4)5)56-47(51)39-37-35-33-31-29-27-25-23-21-19-17-15-13-11-9-7-2/h22,24,26,28,44-45H,6-21,23,25,27,29-43H2,1-5H3/b24-22+,28-26+. The lowest BCUT2D eigenvalue weighted by atomic mass is 10.0. The molecular weight excluding hydrogens is 703 g/mol. The summed E-state index contributed by atoms with van der Waals surface area (Å²) in [5, 5.41) is 11.6. The summed E-state index contributed by atoms with van der Waals surface area (Å²) in [6.45, 7) is 4.65. The molecule has 0 saturated heterocycles. The first-order valence-corrected chi connectivity index (χ1v) is 23.4. The predicted octanol–water partition coefficient (Wildman–Crippen LogP) is 11.5. The highest BCUT2D eigenvalue weighted by Crippen LogP contribution is 2.15. The normalized spacial score (nSPS) is 13.1. The number of carbonyl (C=O) groups excluding carboxylic acids is 3. The zero-order chi connectivity index (χ0) is 41.4. The van der Waals surface area contributed by atoms with Crippen molar-refractivity contribution >= 4 is 17.9 Å². The number of likely N-dealkylation sites (N-methyl/N-ethyl adjacent to an activating group) is 1. The Morgan fingerprint density at radius 3 is 1.36 bits per heavy atom. The van der Waals surface area contributed by atoms with E-state index in [-0.39, 0.29) is 42.7 Å². The summed E-state index contributed by atoms with van der Waals surface area (Å²) in [6, 6.07) is -0.726. The van der Waals surface area contributed by atoms with E-state index in [2.05, 4.69) is 38.2 Å². The largest absolute Gasteiger partial charge is 0.544 e. The third-order valence-electron chi connectivity index (χ3n) is 10.6. The Morgan fingerprint density at radius 1 is 0.536 bits per heavy atom. The number of nitrogens with zero attached hydrogens (tertiary/aromatic N) is 1. The van der Waals surface area contributed by atoms with Crippen molar-refractivity contribution in [3.63, 3.8) is 0 Å². The van der Waals surface area contributed by atoms with Crippen LogP contribution in [0.1, 0.15) is 213 Å². The summed E-state index contributed by atoms with van der Waals surface area (Å²) >= 11 is 0. The van der Waals surface area contributed by atoms with Crippen LogP contribution in [0, 0.1) is 0 Å². The molecule has 0 bridgehead atoms. The van der Waals surface area contributed by atoms with Crippen LogP contribution >= 0.6 is 0 Å². The molecule has 0 aromatic carbocycles. The molecule has 0 N–H and O–H groups in total. The van der Waals surface area contributed by atoms with E-state index in [0.29, 0.717) is 12.8 Å². The van der Waals surface area contributed by atoms with Crippen LogP contribution in [-0.2, 0) is 28.6 Å². The molecule has 0 fully saturated rings. The maximum atomic E-state index is 12.7. The number of ether oxygens (including phenoxy) is 3. The van der Waals surface area contributed by atoms with Gasteiger partial charge in [-0.2, -0.15) is 0 Å². The highest BCUT2D eigenvalue weighted by Gasteiger charge is 2.25. The minimum Gasteiger partial charge on any atom is -0.544 e. The van der Waals surface area contributed by atoms with E-state index in [9.17, 15) is 19.5 Å². The lowest BCUT2D eigenvalue weighted by Gasteiger charge is -2.34. The van der Waals surface area contributed by atoms with Gasteiger partial charge in [-0.15, -0.1) is 0 Å². The first-order valence-electron chi connectivity index (χ1n) is 23.4. The Morgan fingerprint density at radius 2 is 0.929 bits per heavy atom. The minimum absolute atomic E-state index is 0.0364. The second-order valence-corrected chi connectivity index (χ2v) is 17.0. The van der Waals surface area contributed by atoms with Gasteiger partial charge in [0.2, 0.25) is 0 Å². The number of allylic oxidation sites excluding steroid dienone is 4. The van der Waals surface area contributed by atoms with E-state index >= 15 is 0 Å². The number of rotatable bonds is 42. The van der Waals surface area contributed by atoms with Crippen LogP contribution in [0.4, 0.5) is 0 Å². The van der Waals surface area contributed by atoms with Crippen molar-refractivity contribution in [1.29, 1.82) is 0 Å². The lowest BCUT2D eigenvalue weighted by Crippen LogP contribution is -2.55. The third kappa shape index (κ3) is 37.4. The van der Waals surface area contributed by atoms with Gasteiger partial charge >= 0.3 is 11.9 Å². The van der Waals surface area contributed by atoms with Gasteiger partial charge in [-0.1, -0.05) is 179 Å². The molecule has 0 aromatic rings. The van der Waals surface area contributed by atoms with E-state index in [1.165, 1.54) is 128 Å². The third-order valence-corrected chi connectivity index (χ3v) is 10.6. The van der Waals surface area contributed by atoms with E-state index in [0.717, 1.165) is 51.4 Å². The van der Waals surface area contributed by atoms with Crippen molar-refractivity contribution in [2.75, 3.05) is 41.0 Å². The molecule has 0 aliphatic carbocycles. The highest BCUT2D eigenvalue weighted by molar-refractivity contribution is 5.70. The van der Waals surface area contributed by atoms with E-state index < -0.39 is 18.1 Å². The summed E-state index contributed by atoms with van der Waals surface area (Å²) in [6.07, 6.45) is 43.4. The average Bonchev–Trinajstić information content (AvgIpc) is 3.15. The van der Waals surface area contributed by atoms with Crippen molar-refractivity contribution in [3.8, 4) is 0 Å². The van der Waals surface area contributed by atoms with Gasteiger partial charge in [0, 0.05) is 19.3 Å². The van der Waals surface area contributed by atoms with Crippen LogP contribution in [0.3, 0.4) is 0 Å². The van der Waals surface area contributed by atoms with Crippen molar-refractivity contribution < 1.29 is 38.2 Å². The molecule has 2 atom stereocenters. The van der Waals surface area contributed by atoms with Gasteiger partial charge in [0.25, 0.3) is 0 Å². The van der Waals surface area contributed by atoms with Gasteiger partial charge in [0.1, 0.15) is 12.6 Å². The molecule has 56 heavy (non-hydrogen) atoms. The summed E-state index contributed by atoms with van der Waals surface area (Å²) in [4.78, 5) is 36.9. The van der Waals surface area contributed by atoms with Gasteiger partial charge in [0.05, 0.1) is 40.3 Å². The smallest absolute Gasteiger partial charge is 0.306 e. The fraction of sp³-hybridized carbons (Fsp3) is 0.854. The van der Waals surface area contributed by atoms with E-state index in [1.807, 2.05) is 0 Å². The fourth-order valence-electron chi connectivity index (χ4n) is 6.94. The van der Waals surface area contributed by atoms with Crippen LogP contribution in [0.2, 0.25) is 0 Å². The van der Waals surface area contributed by atoms with Crippen molar-refractivity contribution in [1.82, 2.24) is 0 Å². The minimum atomic E-state index is -1.13. The van der Waals surface area contributed by atoms with E-state index in [4.69, 9.17) is 14.2 Å². The molecule has 8 heteroatoms. The zero-order valence-corrected chi connectivity index (χ0v) is 37.3. The molecule has 0 heterocycles. The number of hydrogen-bond acceptors (Lipinski definition) is 7. The fourth-order valence-corrected chi connectivity index (χ4v) is 6.94. The molecule has 0 spiro atoms. The molecule has 2 unspecified atom stereocenters. The van der Waals surface area contributed by atoms with Gasteiger partial charge in [-0.05, 0) is 38.5 Å². The molecule has 0 aliphatic heterocycles. The van der Waals surface area contributed by atoms with Crippen molar-refractivity contribution in [3.05, 3.63) is 24.3 Å². The number of aliphatic carboxylic acids is 1. The number of quaternary nitrogens is 1. The second-order valence-electron chi connectivity index (χ2n) is 17.0. The number of carboxylic acids is 1. The Balaban J connectivity index is 4.34. The van der Waals surface area contributed by atoms with Crippen LogP contribution in [0.5, 0.6) is 0 Å². The molecule has 0 aliphatic rings. The quantitative estimate of drug-likeness (QED) is 0.0262. The number of unbranched alkanes of at least 4 members (excludes halogenated alkanes) is 25. The summed E-state index contributed by atoms with van der Waals surface area (Å²) < 4.78 is 17.2. The van der Waals surface area contributed by atoms with E-state index in [1.54, 1.807) is 21.1 Å². The molecular formula is C48H89NO7. The van der Waals surface area contributed by atoms with Crippen LogP contribution < -0.4 is 5.11 Å². The summed E-state index contributed by atoms with van der Waals surface area (Å²) in [5.41, 5.74) is 0. The first kappa shape index (κ1) is 53.8.